The van der Waals surface area contributed by atoms with Gasteiger partial charge >= 0.3 is 0 Å². The average molecular weight is 292 g/mol. The molecule has 0 saturated carbocycles. The van der Waals surface area contributed by atoms with Gasteiger partial charge in [0.2, 0.25) is 0 Å². The molecule has 0 bridgehead atoms. The molecule has 0 N–H and O–H groups in total. The van der Waals surface area contributed by atoms with Crippen LogP contribution in [0.15, 0.2) is 52.9 Å². The number of furan rings is 1. The summed E-state index contributed by atoms with van der Waals surface area (Å²) in [5.41, 5.74) is 1.91. The van der Waals surface area contributed by atoms with E-state index in [1.165, 1.54) is 0 Å². The molecule has 0 aliphatic carbocycles. The first kappa shape index (κ1) is 12.5. The molecule has 2 aromatic heterocycles. The maximum absolute atomic E-state index is 6.31. The summed E-state index contributed by atoms with van der Waals surface area (Å²) < 4.78 is 5.31. The van der Waals surface area contributed by atoms with Gasteiger partial charge in [0.25, 0.3) is 0 Å². The average Bonchev–Trinajstić information content (AvgIpc) is 2.85. The van der Waals surface area contributed by atoms with Gasteiger partial charge in [-0.2, -0.15) is 0 Å². The zero-order valence-electron chi connectivity index (χ0n) is 10.0. The van der Waals surface area contributed by atoms with Gasteiger partial charge < -0.3 is 4.42 Å². The van der Waals surface area contributed by atoms with Crippen LogP contribution in [-0.4, -0.2) is 4.98 Å². The van der Waals surface area contributed by atoms with Gasteiger partial charge in [0.1, 0.15) is 5.76 Å². The van der Waals surface area contributed by atoms with Gasteiger partial charge in [-0.25, -0.2) is 0 Å². The van der Waals surface area contributed by atoms with Crippen LogP contribution in [0, 0.1) is 0 Å². The molecule has 1 aromatic carbocycles. The van der Waals surface area contributed by atoms with E-state index in [-0.39, 0.29) is 5.38 Å². The van der Waals surface area contributed by atoms with Gasteiger partial charge in [-0.05, 0) is 35.9 Å². The highest BCUT2D eigenvalue weighted by Crippen LogP contribution is 2.28. The minimum absolute atomic E-state index is 0.263. The Bertz CT molecular complexity index is 708. The maximum Gasteiger partial charge on any atom is 0.193 e. The third-order valence-electron chi connectivity index (χ3n) is 2.95. The van der Waals surface area contributed by atoms with E-state index in [9.17, 15) is 0 Å². The van der Waals surface area contributed by atoms with Gasteiger partial charge in [-0.15, -0.1) is 11.6 Å². The Morgan fingerprint density at radius 1 is 1.05 bits per heavy atom. The second-order valence-corrected chi connectivity index (χ2v) is 5.21. The Balaban J connectivity index is 1.84. The molecule has 1 atom stereocenters. The molecule has 0 fully saturated rings. The lowest BCUT2D eigenvalue weighted by Crippen LogP contribution is -1.97. The second kappa shape index (κ2) is 5.24. The van der Waals surface area contributed by atoms with Gasteiger partial charge in [0.15, 0.2) is 5.22 Å². The van der Waals surface area contributed by atoms with Crippen molar-refractivity contribution in [2.24, 2.45) is 0 Å². The molecule has 0 radical (unpaired) electrons. The van der Waals surface area contributed by atoms with Crippen molar-refractivity contribution >= 4 is 34.1 Å². The molecule has 0 spiro atoms. The first-order chi connectivity index (χ1) is 9.22. The summed E-state index contributed by atoms with van der Waals surface area (Å²) in [7, 11) is 0. The first-order valence-electron chi connectivity index (χ1n) is 5.96. The predicted octanol–water partition coefficient (Wildman–Crippen LogP) is 5.00. The summed E-state index contributed by atoms with van der Waals surface area (Å²) in [6, 6.07) is 15.5. The van der Waals surface area contributed by atoms with Crippen LogP contribution in [0.5, 0.6) is 0 Å². The van der Waals surface area contributed by atoms with Crippen molar-refractivity contribution in [3.05, 3.63) is 65.2 Å². The third-order valence-corrected chi connectivity index (χ3v) is 3.52. The summed E-state index contributed by atoms with van der Waals surface area (Å²) >= 11 is 12.1. The minimum atomic E-state index is -0.263. The third kappa shape index (κ3) is 2.75. The van der Waals surface area contributed by atoms with Crippen LogP contribution >= 0.6 is 23.2 Å². The molecular weight excluding hydrogens is 281 g/mol. The van der Waals surface area contributed by atoms with E-state index < -0.39 is 0 Å². The Kier molecular flexibility index (Phi) is 3.45. The Labute approximate surface area is 121 Å². The molecule has 0 aliphatic rings. The van der Waals surface area contributed by atoms with E-state index in [2.05, 4.69) is 11.1 Å². The number of benzene rings is 1. The van der Waals surface area contributed by atoms with Crippen molar-refractivity contribution < 1.29 is 4.42 Å². The molecule has 1 unspecified atom stereocenters. The molecule has 0 saturated heterocycles. The van der Waals surface area contributed by atoms with E-state index in [1.54, 1.807) is 12.1 Å². The van der Waals surface area contributed by atoms with Crippen molar-refractivity contribution in [3.8, 4) is 0 Å². The van der Waals surface area contributed by atoms with Crippen LogP contribution in [-0.2, 0) is 6.42 Å². The zero-order valence-corrected chi connectivity index (χ0v) is 11.5. The molecule has 2 heterocycles. The largest absolute Gasteiger partial charge is 0.448 e. The highest BCUT2D eigenvalue weighted by molar-refractivity contribution is 6.29. The standard InChI is InChI=1S/C15H11Cl2NO/c16-12(14-7-8-15(17)19-14)9-11-6-5-10-3-1-2-4-13(10)18-11/h1-8,12H,9H2. The van der Waals surface area contributed by atoms with Crippen LogP contribution in [0.1, 0.15) is 16.8 Å². The number of rotatable bonds is 3. The summed E-state index contributed by atoms with van der Waals surface area (Å²) in [5.74, 6) is 0.668. The number of halogens is 2. The van der Waals surface area contributed by atoms with Gasteiger partial charge in [-0.1, -0.05) is 24.3 Å². The second-order valence-electron chi connectivity index (χ2n) is 4.31. The van der Waals surface area contributed by atoms with E-state index in [1.807, 2.05) is 30.3 Å². The lowest BCUT2D eigenvalue weighted by molar-refractivity contribution is 0.503. The van der Waals surface area contributed by atoms with Crippen LogP contribution in [0.4, 0.5) is 0 Å². The SMILES string of the molecule is Clc1ccc(C(Cl)Cc2ccc3ccccc3n2)o1. The van der Waals surface area contributed by atoms with Crippen LogP contribution in [0.25, 0.3) is 10.9 Å². The number of alkyl halides is 1. The summed E-state index contributed by atoms with van der Waals surface area (Å²) in [5, 5.41) is 1.21. The molecular formula is C15H11Cl2NO. The molecule has 19 heavy (non-hydrogen) atoms. The van der Waals surface area contributed by atoms with E-state index in [0.717, 1.165) is 16.6 Å². The van der Waals surface area contributed by atoms with Gasteiger partial charge in [0, 0.05) is 17.5 Å². The van der Waals surface area contributed by atoms with Crippen molar-refractivity contribution in [2.75, 3.05) is 0 Å². The Morgan fingerprint density at radius 2 is 1.89 bits per heavy atom. The fraction of sp³-hybridized carbons (Fsp3) is 0.133. The van der Waals surface area contributed by atoms with E-state index in [0.29, 0.717) is 17.4 Å². The monoisotopic (exact) mass is 291 g/mol. The highest BCUT2D eigenvalue weighted by Gasteiger charge is 2.14. The molecule has 0 amide bonds. The molecule has 0 aliphatic heterocycles. The fourth-order valence-electron chi connectivity index (χ4n) is 2.00. The van der Waals surface area contributed by atoms with Gasteiger partial charge in [0.05, 0.1) is 10.9 Å². The number of fused-ring (bicyclic) bond motifs is 1. The minimum Gasteiger partial charge on any atom is -0.448 e. The van der Waals surface area contributed by atoms with E-state index >= 15 is 0 Å². The number of hydrogen-bond donors (Lipinski definition) is 0. The molecule has 3 rings (SSSR count). The van der Waals surface area contributed by atoms with Crippen LogP contribution in [0.2, 0.25) is 5.22 Å². The first-order valence-corrected chi connectivity index (χ1v) is 6.78. The number of pyridine rings is 1. The zero-order chi connectivity index (χ0) is 13.2. The molecule has 2 nitrogen and oxygen atoms in total. The molecule has 3 aromatic rings. The molecule has 96 valence electrons. The molecule has 4 heteroatoms. The lowest BCUT2D eigenvalue weighted by atomic mass is 10.1. The van der Waals surface area contributed by atoms with Crippen molar-refractivity contribution in [2.45, 2.75) is 11.8 Å². The van der Waals surface area contributed by atoms with Crippen molar-refractivity contribution in [3.63, 3.8) is 0 Å². The lowest BCUT2D eigenvalue weighted by Gasteiger charge is -2.07. The summed E-state index contributed by atoms with van der Waals surface area (Å²) in [6.07, 6.45) is 0.607. The predicted molar refractivity (Wildman–Crippen MR) is 77.8 cm³/mol. The fourth-order valence-corrected chi connectivity index (χ4v) is 2.43. The summed E-state index contributed by atoms with van der Waals surface area (Å²) in [6.45, 7) is 0. The number of nitrogens with zero attached hydrogens (tertiary/aromatic N) is 1. The smallest absolute Gasteiger partial charge is 0.193 e. The van der Waals surface area contributed by atoms with Crippen molar-refractivity contribution in [1.29, 1.82) is 0 Å². The van der Waals surface area contributed by atoms with Gasteiger partial charge in [-0.3, -0.25) is 4.98 Å². The highest BCUT2D eigenvalue weighted by atomic mass is 35.5. The van der Waals surface area contributed by atoms with Crippen molar-refractivity contribution in [1.82, 2.24) is 4.98 Å². The number of para-hydroxylation sites is 1. The topological polar surface area (TPSA) is 26.0 Å². The Hall–Kier alpha value is -1.51. The Morgan fingerprint density at radius 3 is 2.68 bits per heavy atom. The van der Waals surface area contributed by atoms with Crippen LogP contribution in [0.3, 0.4) is 0 Å². The quantitative estimate of drug-likeness (QED) is 0.635. The summed E-state index contributed by atoms with van der Waals surface area (Å²) in [4.78, 5) is 4.59. The van der Waals surface area contributed by atoms with Crippen LogP contribution < -0.4 is 0 Å². The number of hydrogen-bond acceptors (Lipinski definition) is 2. The van der Waals surface area contributed by atoms with E-state index in [4.69, 9.17) is 27.6 Å². The maximum atomic E-state index is 6.31. The number of aromatic nitrogens is 1. The normalized spacial score (nSPS) is 12.7.